The zero-order valence-electron chi connectivity index (χ0n) is 16.8. The number of hydrogen-bond donors (Lipinski definition) is 0. The molecule has 0 unspecified atom stereocenters. The summed E-state index contributed by atoms with van der Waals surface area (Å²) in [6.07, 6.45) is 1.90. The van der Waals surface area contributed by atoms with Gasteiger partial charge in [-0.3, -0.25) is 13.9 Å². The summed E-state index contributed by atoms with van der Waals surface area (Å²) in [7, 11) is 3.23. The summed E-state index contributed by atoms with van der Waals surface area (Å²) < 4.78 is 4.75. The van der Waals surface area contributed by atoms with Crippen molar-refractivity contribution in [3.8, 4) is 16.9 Å². The minimum atomic E-state index is -0.327. The molecule has 0 aliphatic carbocycles. The topological polar surface area (TPSA) is 48.9 Å². The lowest BCUT2D eigenvalue weighted by Crippen LogP contribution is -2.36. The van der Waals surface area contributed by atoms with E-state index in [2.05, 4.69) is 32.0 Å². The minimum Gasteiger partial charge on any atom is -0.314 e. The molecular formula is C23H23N3O2. The summed E-state index contributed by atoms with van der Waals surface area (Å²) in [5.41, 5.74) is 6.15. The molecule has 0 N–H and O–H groups in total. The Hall–Kier alpha value is -3.34. The first-order valence-corrected chi connectivity index (χ1v) is 9.25. The molecule has 5 heteroatoms. The highest BCUT2D eigenvalue weighted by molar-refractivity contribution is 5.95. The number of benzene rings is 2. The van der Waals surface area contributed by atoms with Gasteiger partial charge in [0, 0.05) is 31.5 Å². The zero-order valence-corrected chi connectivity index (χ0v) is 16.8. The number of fused-ring (bicyclic) bond motifs is 1. The molecule has 0 bridgehead atoms. The summed E-state index contributed by atoms with van der Waals surface area (Å²) in [6, 6.07) is 14.3. The van der Waals surface area contributed by atoms with Gasteiger partial charge in [-0.2, -0.15) is 0 Å². The molecule has 2 heterocycles. The van der Waals surface area contributed by atoms with Crippen LogP contribution in [0.25, 0.3) is 27.8 Å². The van der Waals surface area contributed by atoms with E-state index < -0.39 is 0 Å². The molecule has 4 rings (SSSR count). The van der Waals surface area contributed by atoms with Crippen LogP contribution >= 0.6 is 0 Å². The molecule has 0 aliphatic rings. The van der Waals surface area contributed by atoms with Crippen molar-refractivity contribution in [3.05, 3.63) is 86.2 Å². The molecule has 142 valence electrons. The number of aryl methyl sites for hydroxylation is 4. The van der Waals surface area contributed by atoms with Gasteiger partial charge in [0.1, 0.15) is 0 Å². The molecule has 4 aromatic rings. The van der Waals surface area contributed by atoms with Crippen LogP contribution in [0.5, 0.6) is 0 Å². The summed E-state index contributed by atoms with van der Waals surface area (Å²) >= 11 is 0. The molecule has 0 saturated carbocycles. The Morgan fingerprint density at radius 1 is 0.821 bits per heavy atom. The lowest BCUT2D eigenvalue weighted by molar-refractivity contribution is 0.714. The van der Waals surface area contributed by atoms with Gasteiger partial charge in [-0.25, -0.2) is 4.79 Å². The molecule has 2 aromatic heterocycles. The van der Waals surface area contributed by atoms with Gasteiger partial charge < -0.3 is 4.57 Å². The van der Waals surface area contributed by atoms with Gasteiger partial charge in [-0.05, 0) is 49.6 Å². The first-order valence-electron chi connectivity index (χ1n) is 9.25. The van der Waals surface area contributed by atoms with E-state index in [1.54, 1.807) is 7.05 Å². The monoisotopic (exact) mass is 373 g/mol. The highest BCUT2D eigenvalue weighted by atomic mass is 16.2. The number of hydrogen-bond acceptors (Lipinski definition) is 2. The molecule has 0 fully saturated rings. The molecule has 0 saturated heterocycles. The Kier molecular flexibility index (Phi) is 4.11. The van der Waals surface area contributed by atoms with Crippen LogP contribution in [0.3, 0.4) is 0 Å². The quantitative estimate of drug-likeness (QED) is 0.539. The van der Waals surface area contributed by atoms with Crippen LogP contribution in [0.15, 0.2) is 58.3 Å². The van der Waals surface area contributed by atoms with Gasteiger partial charge in [0.25, 0.3) is 5.56 Å². The van der Waals surface area contributed by atoms with Crippen LogP contribution < -0.4 is 11.2 Å². The highest BCUT2D eigenvalue weighted by Gasteiger charge is 2.21. The first kappa shape index (κ1) is 18.0. The number of rotatable bonds is 2. The number of nitrogens with zero attached hydrogens (tertiary/aromatic N) is 3. The molecule has 2 aromatic carbocycles. The Bertz CT molecular complexity index is 1330. The Labute approximate surface area is 163 Å². The van der Waals surface area contributed by atoms with Gasteiger partial charge in [-0.15, -0.1) is 0 Å². The SMILES string of the molecule is Cc1cc(C)cc(-n2cc3c(c2-c2ccccc2C)c(=O)n(C)c(=O)n3C)c1. The molecular weight excluding hydrogens is 350 g/mol. The zero-order chi connectivity index (χ0) is 20.2. The van der Waals surface area contributed by atoms with Crippen molar-refractivity contribution in [1.82, 2.24) is 13.7 Å². The maximum absolute atomic E-state index is 13.1. The fraction of sp³-hybridized carbons (Fsp3) is 0.217. The summed E-state index contributed by atoms with van der Waals surface area (Å²) in [4.78, 5) is 25.6. The van der Waals surface area contributed by atoms with E-state index in [1.807, 2.05) is 42.0 Å². The third-order valence-corrected chi connectivity index (χ3v) is 5.32. The molecule has 5 nitrogen and oxygen atoms in total. The Balaban J connectivity index is 2.25. The van der Waals surface area contributed by atoms with E-state index in [9.17, 15) is 9.59 Å². The molecule has 0 spiro atoms. The largest absolute Gasteiger partial charge is 0.330 e. The van der Waals surface area contributed by atoms with E-state index >= 15 is 0 Å². The fourth-order valence-corrected chi connectivity index (χ4v) is 3.94. The molecule has 28 heavy (non-hydrogen) atoms. The van der Waals surface area contributed by atoms with Crippen LogP contribution in [0.2, 0.25) is 0 Å². The second kappa shape index (κ2) is 6.37. The van der Waals surface area contributed by atoms with Crippen molar-refractivity contribution in [2.75, 3.05) is 0 Å². The van der Waals surface area contributed by atoms with Crippen molar-refractivity contribution in [2.24, 2.45) is 14.1 Å². The fourth-order valence-electron chi connectivity index (χ4n) is 3.94. The second-order valence-electron chi connectivity index (χ2n) is 7.47. The van der Waals surface area contributed by atoms with Crippen LogP contribution in [0.4, 0.5) is 0 Å². The summed E-state index contributed by atoms with van der Waals surface area (Å²) in [6.45, 7) is 6.15. The van der Waals surface area contributed by atoms with Crippen LogP contribution in [0, 0.1) is 20.8 Å². The van der Waals surface area contributed by atoms with Crippen LogP contribution in [0.1, 0.15) is 16.7 Å². The summed E-state index contributed by atoms with van der Waals surface area (Å²) in [5, 5.41) is 0.554. The minimum absolute atomic E-state index is 0.278. The van der Waals surface area contributed by atoms with E-state index in [0.29, 0.717) is 10.9 Å². The lowest BCUT2D eigenvalue weighted by Gasteiger charge is -2.13. The van der Waals surface area contributed by atoms with Crippen molar-refractivity contribution in [3.63, 3.8) is 0 Å². The predicted octanol–water partition coefficient (Wildman–Crippen LogP) is 3.62. The first-order chi connectivity index (χ1) is 13.3. The van der Waals surface area contributed by atoms with Crippen LogP contribution in [-0.4, -0.2) is 13.7 Å². The van der Waals surface area contributed by atoms with E-state index in [4.69, 9.17) is 0 Å². The van der Waals surface area contributed by atoms with E-state index in [1.165, 1.54) is 16.2 Å². The second-order valence-corrected chi connectivity index (χ2v) is 7.47. The van der Waals surface area contributed by atoms with E-state index in [0.717, 1.165) is 33.6 Å². The van der Waals surface area contributed by atoms with Crippen molar-refractivity contribution in [2.45, 2.75) is 20.8 Å². The van der Waals surface area contributed by atoms with Crippen molar-refractivity contribution >= 4 is 10.9 Å². The predicted molar refractivity (Wildman–Crippen MR) is 113 cm³/mol. The van der Waals surface area contributed by atoms with Crippen molar-refractivity contribution < 1.29 is 0 Å². The summed E-state index contributed by atoms with van der Waals surface area (Å²) in [5.74, 6) is 0. The molecule has 0 aliphatic heterocycles. The van der Waals surface area contributed by atoms with Gasteiger partial charge >= 0.3 is 5.69 Å². The third-order valence-electron chi connectivity index (χ3n) is 5.32. The molecule has 0 amide bonds. The average Bonchev–Trinajstić information content (AvgIpc) is 3.05. The highest BCUT2D eigenvalue weighted by Crippen LogP contribution is 2.33. The van der Waals surface area contributed by atoms with Gasteiger partial charge in [0.15, 0.2) is 0 Å². The Morgan fingerprint density at radius 3 is 2.11 bits per heavy atom. The van der Waals surface area contributed by atoms with Crippen molar-refractivity contribution in [1.29, 1.82) is 0 Å². The third kappa shape index (κ3) is 2.62. The van der Waals surface area contributed by atoms with Gasteiger partial charge in [0.05, 0.1) is 16.6 Å². The normalized spacial score (nSPS) is 11.3. The maximum Gasteiger partial charge on any atom is 0.330 e. The lowest BCUT2D eigenvalue weighted by atomic mass is 10.0. The standard InChI is InChI=1S/C23H23N3O2/c1-14-10-15(2)12-17(11-14)26-13-19-20(22(27)25(5)23(28)24(19)4)21(26)18-9-7-6-8-16(18)3/h6-13H,1-5H3. The van der Waals surface area contributed by atoms with Gasteiger partial charge in [-0.1, -0.05) is 30.3 Å². The van der Waals surface area contributed by atoms with Crippen LogP contribution in [-0.2, 0) is 14.1 Å². The average molecular weight is 373 g/mol. The Morgan fingerprint density at radius 2 is 1.46 bits per heavy atom. The van der Waals surface area contributed by atoms with E-state index in [-0.39, 0.29) is 11.2 Å². The maximum atomic E-state index is 13.1. The smallest absolute Gasteiger partial charge is 0.314 e. The van der Waals surface area contributed by atoms with Gasteiger partial charge in [0.2, 0.25) is 0 Å². The molecule has 0 radical (unpaired) electrons. The number of aromatic nitrogens is 3. The molecule has 0 atom stereocenters.